The third-order valence-corrected chi connectivity index (χ3v) is 5.52. The van der Waals surface area contributed by atoms with E-state index in [0.29, 0.717) is 28.2 Å². The number of pyridine rings is 1. The Labute approximate surface area is 185 Å². The van der Waals surface area contributed by atoms with Crippen LogP contribution in [0.1, 0.15) is 41.0 Å². The predicted molar refractivity (Wildman–Crippen MR) is 123 cm³/mol. The number of amides is 1. The van der Waals surface area contributed by atoms with E-state index in [1.807, 2.05) is 12.1 Å². The zero-order valence-electron chi connectivity index (χ0n) is 17.9. The number of allylic oxidation sites excluding steroid dienone is 1. The third kappa shape index (κ3) is 4.70. The summed E-state index contributed by atoms with van der Waals surface area (Å²) in [7, 11) is 1.77. The zero-order valence-corrected chi connectivity index (χ0v) is 17.9. The van der Waals surface area contributed by atoms with E-state index in [9.17, 15) is 9.18 Å². The number of nitrogens with one attached hydrogen (secondary N) is 1. The minimum Gasteiger partial charge on any atom is -0.404 e. The van der Waals surface area contributed by atoms with E-state index in [4.69, 9.17) is 10.5 Å². The van der Waals surface area contributed by atoms with Crippen molar-refractivity contribution in [1.29, 1.82) is 0 Å². The molecule has 1 unspecified atom stereocenters. The number of nitrogens with zero attached hydrogens (tertiary/aromatic N) is 3. The van der Waals surface area contributed by atoms with Gasteiger partial charge in [0.05, 0.1) is 5.69 Å². The molecule has 4 rings (SSSR count). The molecule has 3 N–H and O–H groups in total. The smallest absolute Gasteiger partial charge is 0.268 e. The summed E-state index contributed by atoms with van der Waals surface area (Å²) in [6.45, 7) is 0.824. The van der Waals surface area contributed by atoms with Gasteiger partial charge in [0.25, 0.3) is 5.91 Å². The van der Waals surface area contributed by atoms with Gasteiger partial charge in [-0.3, -0.25) is 9.79 Å². The molecular formula is C24H26FN5O2. The lowest BCUT2D eigenvalue weighted by molar-refractivity contribution is 0.0227. The molecule has 166 valence electrons. The van der Waals surface area contributed by atoms with Crippen molar-refractivity contribution in [1.82, 2.24) is 14.9 Å². The summed E-state index contributed by atoms with van der Waals surface area (Å²) in [6, 6.07) is 11.9. The number of nitrogens with two attached hydrogens (primary N) is 1. The van der Waals surface area contributed by atoms with E-state index in [0.717, 1.165) is 31.3 Å². The second-order valence-corrected chi connectivity index (χ2v) is 7.69. The van der Waals surface area contributed by atoms with Gasteiger partial charge in [-0.05, 0) is 43.5 Å². The maximum absolute atomic E-state index is 13.8. The molecule has 1 aromatic carbocycles. The minimum atomic E-state index is -0.349. The lowest BCUT2D eigenvalue weighted by atomic mass is 10.1. The van der Waals surface area contributed by atoms with Crippen LogP contribution in [0.2, 0.25) is 0 Å². The number of aryl methyl sites for hydroxylation is 1. The van der Waals surface area contributed by atoms with E-state index in [2.05, 4.69) is 15.3 Å². The van der Waals surface area contributed by atoms with Crippen LogP contribution in [0.5, 0.6) is 0 Å². The van der Waals surface area contributed by atoms with Gasteiger partial charge in [-0.25, -0.2) is 9.37 Å². The summed E-state index contributed by atoms with van der Waals surface area (Å²) in [5.74, 6) is -0.654. The number of benzene rings is 1. The fourth-order valence-electron chi connectivity index (χ4n) is 3.68. The highest BCUT2D eigenvalue weighted by Crippen LogP contribution is 2.21. The molecule has 1 atom stereocenters. The van der Waals surface area contributed by atoms with Gasteiger partial charge in [-0.15, -0.1) is 0 Å². The molecule has 1 aliphatic heterocycles. The van der Waals surface area contributed by atoms with Crippen LogP contribution in [0, 0.1) is 5.82 Å². The Morgan fingerprint density at radius 3 is 2.94 bits per heavy atom. The number of ether oxygens (including phenoxy) is 1. The molecule has 3 aromatic rings. The zero-order chi connectivity index (χ0) is 22.5. The fraction of sp³-hybridized carbons (Fsp3) is 0.292. The van der Waals surface area contributed by atoms with Gasteiger partial charge in [-0.1, -0.05) is 18.2 Å². The maximum atomic E-state index is 13.8. The first-order chi connectivity index (χ1) is 15.6. The molecule has 0 aliphatic carbocycles. The van der Waals surface area contributed by atoms with Gasteiger partial charge in [0.1, 0.15) is 23.4 Å². The van der Waals surface area contributed by atoms with Gasteiger partial charge in [-0.2, -0.15) is 0 Å². The van der Waals surface area contributed by atoms with Crippen molar-refractivity contribution < 1.29 is 13.9 Å². The Morgan fingerprint density at radius 2 is 2.19 bits per heavy atom. The lowest BCUT2D eigenvalue weighted by Gasteiger charge is -2.18. The van der Waals surface area contributed by atoms with Crippen molar-refractivity contribution in [2.75, 3.05) is 6.61 Å². The number of rotatable bonds is 6. The summed E-state index contributed by atoms with van der Waals surface area (Å²) < 4.78 is 21.2. The molecule has 1 aliphatic rings. The largest absolute Gasteiger partial charge is 0.404 e. The summed E-state index contributed by atoms with van der Waals surface area (Å²) in [5.41, 5.74) is 8.66. The standard InChI is InChI=1S/C24H26FN5O2/c1-30-21(24(31)28-14-17-6-2-3-7-19(17)25)12-16-9-10-20(29-23(16)30)18(13-26)15-27-22-8-4-5-11-32-22/h2-3,6-7,9-10,12-13,15,22H,4-5,8,11,14,26H2,1H3,(H,28,31)/b18-13+,27-15+. The molecule has 2 aromatic heterocycles. The van der Waals surface area contributed by atoms with Crippen LogP contribution in [-0.2, 0) is 18.3 Å². The Morgan fingerprint density at radius 1 is 1.34 bits per heavy atom. The van der Waals surface area contributed by atoms with Crippen molar-refractivity contribution in [2.24, 2.45) is 17.8 Å². The van der Waals surface area contributed by atoms with Crippen molar-refractivity contribution >= 4 is 28.7 Å². The van der Waals surface area contributed by atoms with Crippen LogP contribution in [0.25, 0.3) is 16.6 Å². The van der Waals surface area contributed by atoms with Crippen molar-refractivity contribution in [2.45, 2.75) is 32.0 Å². The number of aliphatic imine (C=N–C) groups is 1. The van der Waals surface area contributed by atoms with Crippen LogP contribution in [0.4, 0.5) is 4.39 Å². The maximum Gasteiger partial charge on any atom is 0.268 e. The van der Waals surface area contributed by atoms with Gasteiger partial charge in [0.15, 0.2) is 0 Å². The molecule has 1 amide bonds. The van der Waals surface area contributed by atoms with E-state index in [-0.39, 0.29) is 24.5 Å². The van der Waals surface area contributed by atoms with E-state index in [1.54, 1.807) is 42.1 Å². The Balaban J connectivity index is 1.53. The van der Waals surface area contributed by atoms with Gasteiger partial charge in [0.2, 0.25) is 0 Å². The Bertz CT molecular complexity index is 1180. The molecule has 3 heterocycles. The molecule has 1 fully saturated rings. The number of carbonyl (C=O) groups excluding carboxylic acids is 1. The van der Waals surface area contributed by atoms with Crippen molar-refractivity contribution in [3.8, 4) is 0 Å². The molecule has 1 saturated heterocycles. The second kappa shape index (κ2) is 9.74. The number of fused-ring (bicyclic) bond motifs is 1. The monoisotopic (exact) mass is 435 g/mol. The first-order valence-corrected chi connectivity index (χ1v) is 10.6. The quantitative estimate of drug-likeness (QED) is 0.579. The Kier molecular flexibility index (Phi) is 6.61. The number of carbonyl (C=O) groups is 1. The third-order valence-electron chi connectivity index (χ3n) is 5.52. The average Bonchev–Trinajstić information content (AvgIpc) is 3.15. The highest BCUT2D eigenvalue weighted by atomic mass is 19.1. The van der Waals surface area contributed by atoms with E-state index >= 15 is 0 Å². The number of hydrogen-bond donors (Lipinski definition) is 2. The first-order valence-electron chi connectivity index (χ1n) is 10.6. The normalized spacial score (nSPS) is 17.2. The molecule has 7 nitrogen and oxygen atoms in total. The summed E-state index contributed by atoms with van der Waals surface area (Å²) in [4.78, 5) is 21.9. The van der Waals surface area contributed by atoms with Crippen LogP contribution in [0.3, 0.4) is 0 Å². The van der Waals surface area contributed by atoms with Crippen LogP contribution in [-0.4, -0.2) is 34.5 Å². The molecule has 0 bridgehead atoms. The summed E-state index contributed by atoms with van der Waals surface area (Å²) in [6.07, 6.45) is 6.05. The number of aromatic nitrogens is 2. The topological polar surface area (TPSA) is 94.5 Å². The molecular weight excluding hydrogens is 409 g/mol. The van der Waals surface area contributed by atoms with Crippen LogP contribution >= 0.6 is 0 Å². The summed E-state index contributed by atoms with van der Waals surface area (Å²) >= 11 is 0. The number of hydrogen-bond acceptors (Lipinski definition) is 5. The lowest BCUT2D eigenvalue weighted by Crippen LogP contribution is -2.25. The molecule has 0 saturated carbocycles. The van der Waals surface area contributed by atoms with Crippen molar-refractivity contribution in [3.05, 3.63) is 71.4 Å². The number of halogens is 1. The Hall–Kier alpha value is -3.52. The molecule has 8 heteroatoms. The molecule has 0 radical (unpaired) electrons. The fourth-order valence-corrected chi connectivity index (χ4v) is 3.68. The van der Waals surface area contributed by atoms with E-state index < -0.39 is 0 Å². The highest BCUT2D eigenvalue weighted by molar-refractivity contribution is 6.09. The first kappa shape index (κ1) is 21.7. The van der Waals surface area contributed by atoms with Crippen LogP contribution in [0.15, 0.2) is 53.7 Å². The second-order valence-electron chi connectivity index (χ2n) is 7.69. The SMILES string of the molecule is Cn1c(C(=O)NCc2ccccc2F)cc2ccc(C(=C/N)/C=N/C3CCCCO3)nc21. The van der Waals surface area contributed by atoms with Gasteiger partial charge < -0.3 is 20.4 Å². The van der Waals surface area contributed by atoms with Crippen molar-refractivity contribution in [3.63, 3.8) is 0 Å². The molecule has 0 spiro atoms. The van der Waals surface area contributed by atoms with Crippen LogP contribution < -0.4 is 11.1 Å². The van der Waals surface area contributed by atoms with E-state index in [1.165, 1.54) is 12.3 Å². The predicted octanol–water partition coefficient (Wildman–Crippen LogP) is 3.54. The highest BCUT2D eigenvalue weighted by Gasteiger charge is 2.16. The van der Waals surface area contributed by atoms with Gasteiger partial charge >= 0.3 is 0 Å². The molecule has 32 heavy (non-hydrogen) atoms. The summed E-state index contributed by atoms with van der Waals surface area (Å²) in [5, 5.41) is 3.59. The minimum absolute atomic E-state index is 0.103. The van der Waals surface area contributed by atoms with Gasteiger partial charge in [0, 0.05) is 49.1 Å². The average molecular weight is 436 g/mol.